The molecule has 1 fully saturated rings. The molecule has 3 atom stereocenters. The van der Waals surface area contributed by atoms with Crippen molar-refractivity contribution in [1.82, 2.24) is 10.1 Å². The molecule has 1 aliphatic rings. The molecule has 5 heteroatoms. The summed E-state index contributed by atoms with van der Waals surface area (Å²) >= 11 is 0. The lowest BCUT2D eigenvalue weighted by molar-refractivity contribution is 0.0355. The van der Waals surface area contributed by atoms with Crippen molar-refractivity contribution in [3.05, 3.63) is 11.7 Å². The molecular formula is C10H16N2O3. The lowest BCUT2D eigenvalue weighted by Gasteiger charge is -2.04. The first-order chi connectivity index (χ1) is 7.20. The molecule has 0 saturated carbocycles. The first-order valence-corrected chi connectivity index (χ1v) is 5.37. The SMILES string of the molecule is CCC(O)c1noc(C2CCC(C)O2)n1. The predicted molar refractivity (Wildman–Crippen MR) is 52.1 cm³/mol. The van der Waals surface area contributed by atoms with E-state index >= 15 is 0 Å². The van der Waals surface area contributed by atoms with Crippen molar-refractivity contribution in [2.24, 2.45) is 0 Å². The summed E-state index contributed by atoms with van der Waals surface area (Å²) < 4.78 is 10.7. The van der Waals surface area contributed by atoms with E-state index < -0.39 is 6.10 Å². The van der Waals surface area contributed by atoms with Crippen molar-refractivity contribution in [3.63, 3.8) is 0 Å². The topological polar surface area (TPSA) is 68.4 Å². The summed E-state index contributed by atoms with van der Waals surface area (Å²) in [7, 11) is 0. The van der Waals surface area contributed by atoms with Crippen molar-refractivity contribution < 1.29 is 14.4 Å². The lowest BCUT2D eigenvalue weighted by atomic mass is 10.2. The maximum Gasteiger partial charge on any atom is 0.255 e. The zero-order valence-corrected chi connectivity index (χ0v) is 9.01. The number of ether oxygens (including phenoxy) is 1. The van der Waals surface area contributed by atoms with Gasteiger partial charge < -0.3 is 14.4 Å². The van der Waals surface area contributed by atoms with Crippen molar-refractivity contribution >= 4 is 0 Å². The van der Waals surface area contributed by atoms with Gasteiger partial charge in [-0.25, -0.2) is 0 Å². The Bertz CT molecular complexity index is 326. The minimum Gasteiger partial charge on any atom is -0.385 e. The molecule has 1 aromatic heterocycles. The van der Waals surface area contributed by atoms with E-state index in [0.29, 0.717) is 18.1 Å². The van der Waals surface area contributed by atoms with Gasteiger partial charge in [-0.2, -0.15) is 4.98 Å². The fraction of sp³-hybridized carbons (Fsp3) is 0.800. The second-order valence-corrected chi connectivity index (χ2v) is 3.93. The van der Waals surface area contributed by atoms with Crippen LogP contribution < -0.4 is 0 Å². The fourth-order valence-corrected chi connectivity index (χ4v) is 1.68. The zero-order valence-electron chi connectivity index (χ0n) is 9.01. The molecule has 1 saturated heterocycles. The Morgan fingerprint density at radius 3 is 2.93 bits per heavy atom. The highest BCUT2D eigenvalue weighted by Gasteiger charge is 2.28. The highest BCUT2D eigenvalue weighted by atomic mass is 16.5. The molecule has 1 N–H and O–H groups in total. The lowest BCUT2D eigenvalue weighted by Crippen LogP contribution is -2.02. The molecule has 0 aliphatic carbocycles. The Morgan fingerprint density at radius 1 is 1.53 bits per heavy atom. The van der Waals surface area contributed by atoms with Crippen LogP contribution in [0.5, 0.6) is 0 Å². The predicted octanol–water partition coefficient (Wildman–Crippen LogP) is 1.75. The molecule has 2 rings (SSSR count). The van der Waals surface area contributed by atoms with Crippen LogP contribution in [0.3, 0.4) is 0 Å². The number of nitrogens with zero attached hydrogens (tertiary/aromatic N) is 2. The number of aliphatic hydroxyl groups excluding tert-OH is 1. The Kier molecular flexibility index (Phi) is 3.02. The third kappa shape index (κ3) is 2.18. The second-order valence-electron chi connectivity index (χ2n) is 3.93. The summed E-state index contributed by atoms with van der Waals surface area (Å²) in [5.74, 6) is 0.845. The Balaban J connectivity index is 2.07. The van der Waals surface area contributed by atoms with Crippen molar-refractivity contribution in [1.29, 1.82) is 0 Å². The molecular weight excluding hydrogens is 196 g/mol. The summed E-state index contributed by atoms with van der Waals surface area (Å²) in [5.41, 5.74) is 0. The van der Waals surface area contributed by atoms with Crippen LogP contribution in [0.2, 0.25) is 0 Å². The summed E-state index contributed by atoms with van der Waals surface area (Å²) in [6.45, 7) is 3.90. The number of aliphatic hydroxyl groups is 1. The second kappa shape index (κ2) is 4.28. The van der Waals surface area contributed by atoms with Crippen LogP contribution in [0.4, 0.5) is 0 Å². The molecule has 0 amide bonds. The van der Waals surface area contributed by atoms with Gasteiger partial charge in [0.1, 0.15) is 12.2 Å². The largest absolute Gasteiger partial charge is 0.385 e. The first-order valence-electron chi connectivity index (χ1n) is 5.37. The first kappa shape index (κ1) is 10.6. The van der Waals surface area contributed by atoms with E-state index in [9.17, 15) is 5.11 Å². The van der Waals surface area contributed by atoms with E-state index in [1.165, 1.54) is 0 Å². The minimum atomic E-state index is -0.638. The van der Waals surface area contributed by atoms with Gasteiger partial charge in [-0.05, 0) is 26.2 Å². The number of hydrogen-bond acceptors (Lipinski definition) is 5. The van der Waals surface area contributed by atoms with Crippen LogP contribution in [0.15, 0.2) is 4.52 Å². The maximum absolute atomic E-state index is 9.51. The van der Waals surface area contributed by atoms with Crippen LogP contribution in [-0.4, -0.2) is 21.4 Å². The van der Waals surface area contributed by atoms with Crippen LogP contribution in [0, 0.1) is 0 Å². The van der Waals surface area contributed by atoms with E-state index in [-0.39, 0.29) is 12.2 Å². The van der Waals surface area contributed by atoms with Gasteiger partial charge in [-0.1, -0.05) is 12.1 Å². The van der Waals surface area contributed by atoms with Crippen LogP contribution in [-0.2, 0) is 4.74 Å². The zero-order chi connectivity index (χ0) is 10.8. The average Bonchev–Trinajstić information content (AvgIpc) is 2.84. The van der Waals surface area contributed by atoms with Crippen molar-refractivity contribution in [3.8, 4) is 0 Å². The molecule has 3 unspecified atom stereocenters. The quantitative estimate of drug-likeness (QED) is 0.826. The Labute approximate surface area is 88.4 Å². The van der Waals surface area contributed by atoms with Crippen molar-refractivity contribution in [2.45, 2.75) is 51.4 Å². The van der Waals surface area contributed by atoms with Gasteiger partial charge in [0.25, 0.3) is 5.89 Å². The molecule has 0 aromatic carbocycles. The van der Waals surface area contributed by atoms with E-state index in [0.717, 1.165) is 12.8 Å². The maximum atomic E-state index is 9.51. The molecule has 84 valence electrons. The summed E-state index contributed by atoms with van der Waals surface area (Å²) in [5, 5.41) is 13.3. The minimum absolute atomic E-state index is 0.0923. The summed E-state index contributed by atoms with van der Waals surface area (Å²) in [6, 6.07) is 0. The standard InChI is InChI=1S/C10H16N2O3/c1-3-7(13)9-11-10(15-12-9)8-5-4-6(2)14-8/h6-8,13H,3-5H2,1-2H3. The van der Waals surface area contributed by atoms with Crippen LogP contribution in [0.25, 0.3) is 0 Å². The normalized spacial score (nSPS) is 28.2. The van der Waals surface area contributed by atoms with E-state index in [1.54, 1.807) is 0 Å². The summed E-state index contributed by atoms with van der Waals surface area (Å²) in [4.78, 5) is 4.14. The van der Waals surface area contributed by atoms with E-state index in [2.05, 4.69) is 10.1 Å². The van der Waals surface area contributed by atoms with Gasteiger partial charge >= 0.3 is 0 Å². The molecule has 1 aromatic rings. The monoisotopic (exact) mass is 212 g/mol. The number of aromatic nitrogens is 2. The highest BCUT2D eigenvalue weighted by molar-refractivity contribution is 4.95. The molecule has 2 heterocycles. The molecule has 0 spiro atoms. The van der Waals surface area contributed by atoms with Gasteiger partial charge in [-0.15, -0.1) is 0 Å². The Morgan fingerprint density at radius 2 is 2.33 bits per heavy atom. The molecule has 15 heavy (non-hydrogen) atoms. The molecule has 5 nitrogen and oxygen atoms in total. The average molecular weight is 212 g/mol. The van der Waals surface area contributed by atoms with Gasteiger partial charge in [0.2, 0.25) is 0 Å². The Hall–Kier alpha value is -0.940. The van der Waals surface area contributed by atoms with E-state index in [4.69, 9.17) is 9.26 Å². The van der Waals surface area contributed by atoms with Gasteiger partial charge in [0.05, 0.1) is 6.10 Å². The van der Waals surface area contributed by atoms with Gasteiger partial charge in [0, 0.05) is 0 Å². The fourth-order valence-electron chi connectivity index (χ4n) is 1.68. The smallest absolute Gasteiger partial charge is 0.255 e. The third-order valence-electron chi connectivity index (χ3n) is 2.65. The van der Waals surface area contributed by atoms with Crippen LogP contribution in [0.1, 0.15) is 57.0 Å². The van der Waals surface area contributed by atoms with Crippen LogP contribution >= 0.6 is 0 Å². The molecule has 1 aliphatic heterocycles. The van der Waals surface area contributed by atoms with E-state index in [1.807, 2.05) is 13.8 Å². The molecule has 0 bridgehead atoms. The molecule has 0 radical (unpaired) electrons. The van der Waals surface area contributed by atoms with Crippen molar-refractivity contribution in [2.75, 3.05) is 0 Å². The van der Waals surface area contributed by atoms with Gasteiger partial charge in [0.15, 0.2) is 5.82 Å². The third-order valence-corrected chi connectivity index (χ3v) is 2.65. The number of rotatable bonds is 3. The number of hydrogen-bond donors (Lipinski definition) is 1. The highest BCUT2D eigenvalue weighted by Crippen LogP contribution is 2.31. The summed E-state index contributed by atoms with van der Waals surface area (Å²) in [6.07, 6.45) is 2.03. The van der Waals surface area contributed by atoms with Gasteiger partial charge in [-0.3, -0.25) is 0 Å².